The molecule has 0 heterocycles. The first-order chi connectivity index (χ1) is 9.35. The van der Waals surface area contributed by atoms with Crippen molar-refractivity contribution in [2.75, 3.05) is 18.1 Å². The van der Waals surface area contributed by atoms with Crippen LogP contribution in [0.3, 0.4) is 0 Å². The average molecular weight is 255 g/mol. The number of ether oxygens (including phenoxy) is 1. The Balaban J connectivity index is 2.22. The predicted octanol–water partition coefficient (Wildman–Crippen LogP) is 4.11. The van der Waals surface area contributed by atoms with E-state index in [1.54, 1.807) is 0 Å². The summed E-state index contributed by atoms with van der Waals surface area (Å²) < 4.78 is 5.72. The lowest BCUT2D eigenvalue weighted by molar-refractivity contribution is 0.340. The summed E-state index contributed by atoms with van der Waals surface area (Å²) in [6.45, 7) is 6.75. The van der Waals surface area contributed by atoms with Crippen LogP contribution in [0.2, 0.25) is 0 Å². The average Bonchev–Trinajstić information content (AvgIpc) is 2.47. The molecular weight excluding hydrogens is 234 g/mol. The number of nitrogens with zero attached hydrogens (tertiary/aromatic N) is 1. The van der Waals surface area contributed by atoms with Crippen LogP contribution in [0.25, 0.3) is 0 Å². The summed E-state index contributed by atoms with van der Waals surface area (Å²) >= 11 is 0. The molecule has 2 heteroatoms. The molecule has 0 aliphatic rings. The van der Waals surface area contributed by atoms with Crippen molar-refractivity contribution < 1.29 is 4.74 Å². The van der Waals surface area contributed by atoms with Gasteiger partial charge in [0.15, 0.2) is 0 Å². The highest BCUT2D eigenvalue weighted by molar-refractivity contribution is 5.58. The molecule has 0 amide bonds. The Bertz CT molecular complexity index is 496. The van der Waals surface area contributed by atoms with Gasteiger partial charge in [-0.15, -0.1) is 0 Å². The lowest BCUT2D eigenvalue weighted by Crippen LogP contribution is -2.22. The quantitative estimate of drug-likeness (QED) is 0.770. The van der Waals surface area contributed by atoms with Crippen molar-refractivity contribution >= 4 is 5.69 Å². The summed E-state index contributed by atoms with van der Waals surface area (Å²) in [5.74, 6) is 0.961. The van der Waals surface area contributed by atoms with Gasteiger partial charge >= 0.3 is 0 Å². The first-order valence-electron chi connectivity index (χ1n) is 6.85. The minimum atomic E-state index is 0.694. The van der Waals surface area contributed by atoms with Crippen molar-refractivity contribution in [3.05, 3.63) is 60.2 Å². The van der Waals surface area contributed by atoms with Crippen LogP contribution in [0.5, 0.6) is 5.75 Å². The van der Waals surface area contributed by atoms with E-state index in [4.69, 9.17) is 4.74 Å². The molecule has 2 nitrogen and oxygen atoms in total. The Labute approximate surface area is 115 Å². The van der Waals surface area contributed by atoms with E-state index in [0.717, 1.165) is 24.5 Å². The van der Waals surface area contributed by atoms with Crippen LogP contribution in [-0.4, -0.2) is 13.2 Å². The highest BCUT2D eigenvalue weighted by atomic mass is 16.5. The third-order valence-corrected chi connectivity index (χ3v) is 3.10. The third kappa shape index (κ3) is 3.50. The van der Waals surface area contributed by atoms with Gasteiger partial charge in [0.25, 0.3) is 0 Å². The molecule has 0 atom stereocenters. The van der Waals surface area contributed by atoms with Gasteiger partial charge in [-0.05, 0) is 31.5 Å². The van der Waals surface area contributed by atoms with Crippen molar-refractivity contribution in [2.24, 2.45) is 0 Å². The molecule has 0 aliphatic carbocycles. The van der Waals surface area contributed by atoms with Crippen LogP contribution in [0.15, 0.2) is 54.6 Å². The molecule has 0 aromatic heterocycles. The molecule has 19 heavy (non-hydrogen) atoms. The molecule has 2 aromatic carbocycles. The van der Waals surface area contributed by atoms with Gasteiger partial charge in [-0.2, -0.15) is 0 Å². The summed E-state index contributed by atoms with van der Waals surface area (Å²) in [6, 6.07) is 18.8. The number of hydrogen-bond acceptors (Lipinski definition) is 2. The Morgan fingerprint density at radius 2 is 1.58 bits per heavy atom. The van der Waals surface area contributed by atoms with Crippen LogP contribution in [0.4, 0.5) is 5.69 Å². The zero-order valence-electron chi connectivity index (χ0n) is 11.7. The monoisotopic (exact) mass is 255 g/mol. The second-order valence-electron chi connectivity index (χ2n) is 4.40. The zero-order chi connectivity index (χ0) is 13.5. The minimum absolute atomic E-state index is 0.694. The van der Waals surface area contributed by atoms with Crippen LogP contribution >= 0.6 is 0 Å². The molecule has 0 saturated carbocycles. The molecular formula is C17H21NO. The fourth-order valence-corrected chi connectivity index (χ4v) is 2.17. The van der Waals surface area contributed by atoms with Crippen molar-refractivity contribution in [1.82, 2.24) is 0 Å². The molecule has 2 rings (SSSR count). The highest BCUT2D eigenvalue weighted by Crippen LogP contribution is 2.29. The number of benzene rings is 2. The fraction of sp³-hybridized carbons (Fsp3) is 0.294. The maximum absolute atomic E-state index is 5.72. The third-order valence-electron chi connectivity index (χ3n) is 3.10. The van der Waals surface area contributed by atoms with Crippen molar-refractivity contribution in [3.63, 3.8) is 0 Å². The maximum atomic E-state index is 5.72. The molecule has 0 spiro atoms. The number of rotatable bonds is 6. The van der Waals surface area contributed by atoms with E-state index in [2.05, 4.69) is 48.2 Å². The zero-order valence-corrected chi connectivity index (χ0v) is 11.7. The van der Waals surface area contributed by atoms with Crippen LogP contribution < -0.4 is 9.64 Å². The van der Waals surface area contributed by atoms with E-state index in [0.29, 0.717) is 6.61 Å². The minimum Gasteiger partial charge on any atom is -0.492 e. The molecule has 0 bridgehead atoms. The molecule has 0 fully saturated rings. The van der Waals surface area contributed by atoms with E-state index in [1.807, 2.05) is 25.1 Å². The number of para-hydroxylation sites is 2. The van der Waals surface area contributed by atoms with Crippen molar-refractivity contribution in [1.29, 1.82) is 0 Å². The van der Waals surface area contributed by atoms with Crippen molar-refractivity contribution in [2.45, 2.75) is 20.4 Å². The summed E-state index contributed by atoms with van der Waals surface area (Å²) in [5.41, 5.74) is 2.48. The Hall–Kier alpha value is -1.96. The molecule has 0 N–H and O–H groups in total. The van der Waals surface area contributed by atoms with E-state index in [9.17, 15) is 0 Å². The standard InChI is InChI=1S/C17H21NO/c1-3-18(14-15-10-6-5-7-11-15)16-12-8-9-13-17(16)19-4-2/h5-13H,3-4,14H2,1-2H3. The van der Waals surface area contributed by atoms with Crippen LogP contribution in [0.1, 0.15) is 19.4 Å². The van der Waals surface area contributed by atoms with E-state index in [-0.39, 0.29) is 0 Å². The van der Waals surface area contributed by atoms with Gasteiger partial charge in [0.2, 0.25) is 0 Å². The Morgan fingerprint density at radius 1 is 0.895 bits per heavy atom. The van der Waals surface area contributed by atoms with E-state index in [1.165, 1.54) is 5.56 Å². The molecule has 0 unspecified atom stereocenters. The summed E-state index contributed by atoms with van der Waals surface area (Å²) in [7, 11) is 0. The van der Waals surface area contributed by atoms with Gasteiger partial charge in [0.1, 0.15) is 5.75 Å². The molecule has 0 aliphatic heterocycles. The molecule has 0 radical (unpaired) electrons. The van der Waals surface area contributed by atoms with Crippen molar-refractivity contribution in [3.8, 4) is 5.75 Å². The summed E-state index contributed by atoms with van der Waals surface area (Å²) in [6.07, 6.45) is 0. The topological polar surface area (TPSA) is 12.5 Å². The lowest BCUT2D eigenvalue weighted by Gasteiger charge is -2.25. The fourth-order valence-electron chi connectivity index (χ4n) is 2.17. The van der Waals surface area contributed by atoms with Gasteiger partial charge < -0.3 is 9.64 Å². The predicted molar refractivity (Wildman–Crippen MR) is 80.8 cm³/mol. The first-order valence-corrected chi connectivity index (χ1v) is 6.85. The second-order valence-corrected chi connectivity index (χ2v) is 4.40. The summed E-state index contributed by atoms with van der Waals surface area (Å²) in [5, 5.41) is 0. The molecule has 100 valence electrons. The SMILES string of the molecule is CCOc1ccccc1N(CC)Cc1ccccc1. The van der Waals surface area contributed by atoms with Gasteiger partial charge in [-0.25, -0.2) is 0 Å². The Morgan fingerprint density at radius 3 is 2.26 bits per heavy atom. The van der Waals surface area contributed by atoms with Gasteiger partial charge in [-0.3, -0.25) is 0 Å². The maximum Gasteiger partial charge on any atom is 0.142 e. The lowest BCUT2D eigenvalue weighted by atomic mass is 10.2. The number of hydrogen-bond donors (Lipinski definition) is 0. The van der Waals surface area contributed by atoms with E-state index < -0.39 is 0 Å². The second kappa shape index (κ2) is 6.83. The largest absolute Gasteiger partial charge is 0.492 e. The van der Waals surface area contributed by atoms with E-state index >= 15 is 0 Å². The number of anilines is 1. The van der Waals surface area contributed by atoms with Gasteiger partial charge in [-0.1, -0.05) is 42.5 Å². The smallest absolute Gasteiger partial charge is 0.142 e. The molecule has 0 saturated heterocycles. The van der Waals surface area contributed by atoms with Crippen LogP contribution in [0, 0.1) is 0 Å². The Kier molecular flexibility index (Phi) is 4.85. The summed E-state index contributed by atoms with van der Waals surface area (Å²) in [4.78, 5) is 2.33. The van der Waals surface area contributed by atoms with Gasteiger partial charge in [0.05, 0.1) is 12.3 Å². The van der Waals surface area contributed by atoms with Gasteiger partial charge in [0, 0.05) is 13.1 Å². The highest BCUT2D eigenvalue weighted by Gasteiger charge is 2.10. The molecule has 2 aromatic rings. The van der Waals surface area contributed by atoms with Crippen LogP contribution in [-0.2, 0) is 6.54 Å². The first kappa shape index (κ1) is 13.5. The normalized spacial score (nSPS) is 10.2.